The van der Waals surface area contributed by atoms with Crippen molar-refractivity contribution in [3.8, 4) is 5.75 Å². The van der Waals surface area contributed by atoms with Gasteiger partial charge in [-0.2, -0.15) is 0 Å². The number of amides is 1. The fourth-order valence-electron chi connectivity index (χ4n) is 1.89. The second-order valence-electron chi connectivity index (χ2n) is 4.64. The molecule has 0 radical (unpaired) electrons. The monoisotopic (exact) mass is 339 g/mol. The Kier molecular flexibility index (Phi) is 6.03. The summed E-state index contributed by atoms with van der Waals surface area (Å²) in [6.07, 6.45) is 2.16. The van der Waals surface area contributed by atoms with Crippen LogP contribution in [-0.2, 0) is 11.3 Å². The van der Waals surface area contributed by atoms with Crippen molar-refractivity contribution in [2.24, 2.45) is 0 Å². The van der Waals surface area contributed by atoms with Crippen LogP contribution in [0.2, 0.25) is 5.02 Å². The number of carbonyl (C=O) groups excluding carboxylic acids is 1. The van der Waals surface area contributed by atoms with E-state index in [0.717, 1.165) is 15.6 Å². The van der Waals surface area contributed by atoms with Crippen molar-refractivity contribution >= 4 is 34.5 Å². The lowest BCUT2D eigenvalue weighted by molar-refractivity contribution is -0.120. The first-order chi connectivity index (χ1) is 10.6. The quantitative estimate of drug-likeness (QED) is 0.813. The number of benzene rings is 1. The number of aryl methyl sites for hydroxylation is 1. The van der Waals surface area contributed by atoms with Crippen molar-refractivity contribution in [3.63, 3.8) is 0 Å². The summed E-state index contributed by atoms with van der Waals surface area (Å²) < 4.78 is 5.24. The number of halogens is 1. The molecule has 0 aliphatic heterocycles. The predicted octanol–water partition coefficient (Wildman–Crippen LogP) is 3.23. The van der Waals surface area contributed by atoms with Crippen LogP contribution in [0.1, 0.15) is 16.3 Å². The summed E-state index contributed by atoms with van der Waals surface area (Å²) >= 11 is 7.54. The number of carbonyl (C=O) groups is 1. The molecular formula is C15H18ClN3O2S. The molecule has 1 aromatic heterocycles. The molecule has 0 saturated carbocycles. The third kappa shape index (κ3) is 4.89. The van der Waals surface area contributed by atoms with Gasteiger partial charge in [0.2, 0.25) is 5.91 Å². The molecule has 1 amide bonds. The first-order valence-electron chi connectivity index (χ1n) is 6.84. The Bertz CT molecular complexity index is 645. The van der Waals surface area contributed by atoms with Crippen LogP contribution in [0.15, 0.2) is 24.4 Å². The molecule has 2 rings (SSSR count). The Morgan fingerprint density at radius 1 is 1.45 bits per heavy atom. The van der Waals surface area contributed by atoms with E-state index in [1.165, 1.54) is 0 Å². The van der Waals surface area contributed by atoms with Crippen molar-refractivity contribution in [1.29, 1.82) is 0 Å². The SMILES string of the molecule is COc1ccc(Cl)cc1NCCC(=O)NCc1cnc(C)s1. The minimum absolute atomic E-state index is 0.0143. The van der Waals surface area contributed by atoms with E-state index in [0.29, 0.717) is 30.3 Å². The van der Waals surface area contributed by atoms with Gasteiger partial charge >= 0.3 is 0 Å². The van der Waals surface area contributed by atoms with Crippen LogP contribution in [0.4, 0.5) is 5.69 Å². The first-order valence-corrected chi connectivity index (χ1v) is 8.03. The van der Waals surface area contributed by atoms with Crippen LogP contribution in [-0.4, -0.2) is 24.5 Å². The molecule has 0 aliphatic rings. The molecule has 0 fully saturated rings. The average Bonchev–Trinajstić information content (AvgIpc) is 2.91. The summed E-state index contributed by atoms with van der Waals surface area (Å²) in [5, 5.41) is 7.65. The highest BCUT2D eigenvalue weighted by atomic mass is 35.5. The zero-order valence-corrected chi connectivity index (χ0v) is 14.1. The molecule has 0 saturated heterocycles. The lowest BCUT2D eigenvalue weighted by Gasteiger charge is -2.11. The molecule has 2 N–H and O–H groups in total. The summed E-state index contributed by atoms with van der Waals surface area (Å²) in [7, 11) is 1.60. The van der Waals surface area contributed by atoms with Gasteiger partial charge in [-0.3, -0.25) is 4.79 Å². The van der Waals surface area contributed by atoms with Gasteiger partial charge in [-0.25, -0.2) is 4.98 Å². The molecule has 0 aliphatic carbocycles. The normalized spacial score (nSPS) is 10.3. The van der Waals surface area contributed by atoms with Crippen LogP contribution >= 0.6 is 22.9 Å². The minimum Gasteiger partial charge on any atom is -0.495 e. The van der Waals surface area contributed by atoms with Crippen molar-refractivity contribution in [3.05, 3.63) is 39.3 Å². The zero-order valence-electron chi connectivity index (χ0n) is 12.5. The molecule has 1 heterocycles. The van der Waals surface area contributed by atoms with Gasteiger partial charge < -0.3 is 15.4 Å². The summed E-state index contributed by atoms with van der Waals surface area (Å²) in [5.74, 6) is 0.685. The van der Waals surface area contributed by atoms with Gasteiger partial charge in [-0.05, 0) is 25.1 Å². The first kappa shape index (κ1) is 16.6. The molecule has 0 unspecified atom stereocenters. The van der Waals surface area contributed by atoms with Crippen LogP contribution < -0.4 is 15.4 Å². The highest BCUT2D eigenvalue weighted by Gasteiger charge is 2.06. The van der Waals surface area contributed by atoms with E-state index in [2.05, 4.69) is 15.6 Å². The summed E-state index contributed by atoms with van der Waals surface area (Å²) in [4.78, 5) is 17.0. The Balaban J connectivity index is 1.76. The highest BCUT2D eigenvalue weighted by Crippen LogP contribution is 2.27. The van der Waals surface area contributed by atoms with Crippen LogP contribution in [0.5, 0.6) is 5.75 Å². The molecule has 1 aromatic carbocycles. The summed E-state index contributed by atoms with van der Waals surface area (Å²) in [6, 6.07) is 5.32. The Labute approximate surface area is 138 Å². The van der Waals surface area contributed by atoms with E-state index in [-0.39, 0.29) is 5.91 Å². The molecule has 118 valence electrons. The molecule has 0 spiro atoms. The topological polar surface area (TPSA) is 63.2 Å². The van der Waals surface area contributed by atoms with E-state index in [4.69, 9.17) is 16.3 Å². The number of ether oxygens (including phenoxy) is 1. The van der Waals surface area contributed by atoms with Gasteiger partial charge in [0, 0.05) is 29.1 Å². The number of methoxy groups -OCH3 is 1. The number of anilines is 1. The number of thiazole rings is 1. The number of hydrogen-bond donors (Lipinski definition) is 2. The number of hydrogen-bond acceptors (Lipinski definition) is 5. The lowest BCUT2D eigenvalue weighted by atomic mass is 10.2. The predicted molar refractivity (Wildman–Crippen MR) is 89.8 cm³/mol. The average molecular weight is 340 g/mol. The lowest BCUT2D eigenvalue weighted by Crippen LogP contribution is -2.24. The largest absolute Gasteiger partial charge is 0.495 e. The molecule has 2 aromatic rings. The second kappa shape index (κ2) is 8.00. The summed E-state index contributed by atoms with van der Waals surface area (Å²) in [6.45, 7) is 2.97. The van der Waals surface area contributed by atoms with Crippen LogP contribution in [0.3, 0.4) is 0 Å². The molecule has 0 bridgehead atoms. The summed E-state index contributed by atoms with van der Waals surface area (Å²) in [5.41, 5.74) is 0.779. The number of rotatable bonds is 7. The molecular weight excluding hydrogens is 322 g/mol. The molecule has 22 heavy (non-hydrogen) atoms. The number of aromatic nitrogens is 1. The van der Waals surface area contributed by atoms with Gasteiger partial charge in [0.15, 0.2) is 0 Å². The molecule has 0 atom stereocenters. The van der Waals surface area contributed by atoms with Gasteiger partial charge in [0.25, 0.3) is 0 Å². The maximum absolute atomic E-state index is 11.8. The van der Waals surface area contributed by atoms with Gasteiger partial charge in [-0.1, -0.05) is 11.6 Å². The Morgan fingerprint density at radius 3 is 2.95 bits per heavy atom. The van der Waals surface area contributed by atoms with Gasteiger partial charge in [-0.15, -0.1) is 11.3 Å². The fourth-order valence-corrected chi connectivity index (χ4v) is 2.80. The van der Waals surface area contributed by atoms with Gasteiger partial charge in [0.05, 0.1) is 24.3 Å². The smallest absolute Gasteiger partial charge is 0.222 e. The Hall–Kier alpha value is -1.79. The third-order valence-corrected chi connectivity index (χ3v) is 4.11. The maximum atomic E-state index is 11.8. The standard InChI is InChI=1S/C15H18ClN3O2S/c1-10-18-8-12(22-10)9-19-15(20)5-6-17-13-7-11(16)3-4-14(13)21-2/h3-4,7-8,17H,5-6,9H2,1-2H3,(H,19,20). The number of nitrogens with one attached hydrogen (secondary N) is 2. The second-order valence-corrected chi connectivity index (χ2v) is 6.40. The highest BCUT2D eigenvalue weighted by molar-refractivity contribution is 7.11. The van der Waals surface area contributed by atoms with E-state index < -0.39 is 0 Å². The third-order valence-electron chi connectivity index (χ3n) is 2.96. The van der Waals surface area contributed by atoms with Crippen molar-refractivity contribution < 1.29 is 9.53 Å². The van der Waals surface area contributed by atoms with E-state index >= 15 is 0 Å². The Morgan fingerprint density at radius 2 is 2.27 bits per heavy atom. The molecule has 7 heteroatoms. The van der Waals surface area contributed by atoms with E-state index in [9.17, 15) is 4.79 Å². The number of nitrogens with zero attached hydrogens (tertiary/aromatic N) is 1. The van der Waals surface area contributed by atoms with Crippen molar-refractivity contribution in [1.82, 2.24) is 10.3 Å². The van der Waals surface area contributed by atoms with Crippen molar-refractivity contribution in [2.75, 3.05) is 19.0 Å². The van der Waals surface area contributed by atoms with Crippen LogP contribution in [0.25, 0.3) is 0 Å². The van der Waals surface area contributed by atoms with Crippen molar-refractivity contribution in [2.45, 2.75) is 19.9 Å². The van der Waals surface area contributed by atoms with Gasteiger partial charge in [0.1, 0.15) is 5.75 Å². The molecule has 5 nitrogen and oxygen atoms in total. The van der Waals surface area contributed by atoms with Crippen LogP contribution in [0, 0.1) is 6.92 Å². The van der Waals surface area contributed by atoms with E-state index in [1.807, 2.05) is 6.92 Å². The maximum Gasteiger partial charge on any atom is 0.222 e. The minimum atomic E-state index is -0.0143. The zero-order chi connectivity index (χ0) is 15.9. The van der Waals surface area contributed by atoms with E-state index in [1.54, 1.807) is 42.8 Å². The fraction of sp³-hybridized carbons (Fsp3) is 0.333.